The van der Waals surface area contributed by atoms with Crippen molar-refractivity contribution in [1.29, 1.82) is 0 Å². The fourth-order valence-electron chi connectivity index (χ4n) is 3.02. The summed E-state index contributed by atoms with van der Waals surface area (Å²) in [4.78, 5) is 5.07. The summed E-state index contributed by atoms with van der Waals surface area (Å²) in [5.41, 5.74) is 5.53. The fourth-order valence-corrected chi connectivity index (χ4v) is 3.02. The smallest absolute Gasteiger partial charge is 0.0396 e. The molecule has 0 radical (unpaired) electrons. The third-order valence-corrected chi connectivity index (χ3v) is 4.36. The number of anilines is 1. The Labute approximate surface area is 161 Å². The van der Waals surface area contributed by atoms with E-state index in [1.165, 1.54) is 22.4 Å². The van der Waals surface area contributed by atoms with Crippen molar-refractivity contribution in [3.63, 3.8) is 0 Å². The summed E-state index contributed by atoms with van der Waals surface area (Å²) in [7, 11) is 0. The number of hydrogen-bond acceptors (Lipinski definition) is 2. The van der Waals surface area contributed by atoms with E-state index in [1.807, 2.05) is 0 Å². The third kappa shape index (κ3) is 5.33. The van der Waals surface area contributed by atoms with E-state index in [-0.39, 0.29) is 34.0 Å². The lowest BCUT2D eigenvalue weighted by atomic mass is 10.1. The number of hydrogen-bond donors (Lipinski definition) is 0. The molecule has 0 aromatic heterocycles. The Balaban J connectivity index is 0.00000132. The number of benzene rings is 2. The Morgan fingerprint density at radius 1 is 0.783 bits per heavy atom. The van der Waals surface area contributed by atoms with Crippen molar-refractivity contribution >= 4 is 39.7 Å². The second-order valence-corrected chi connectivity index (χ2v) is 6.04. The van der Waals surface area contributed by atoms with Gasteiger partial charge in [0, 0.05) is 38.4 Å². The number of rotatable bonds is 3. The zero-order valence-corrected chi connectivity index (χ0v) is 17.3. The van der Waals surface area contributed by atoms with Gasteiger partial charge in [-0.3, -0.25) is 4.90 Å². The highest BCUT2D eigenvalue weighted by molar-refractivity contribution is 8.93. The molecular weight excluding hydrogens is 416 g/mol. The van der Waals surface area contributed by atoms with Crippen LogP contribution in [0.1, 0.15) is 16.7 Å². The van der Waals surface area contributed by atoms with E-state index in [1.54, 1.807) is 0 Å². The maximum absolute atomic E-state index is 2.55. The van der Waals surface area contributed by atoms with Gasteiger partial charge in [0.2, 0.25) is 0 Å². The molecule has 0 bridgehead atoms. The minimum atomic E-state index is 0. The van der Waals surface area contributed by atoms with Crippen LogP contribution < -0.4 is 4.90 Å². The summed E-state index contributed by atoms with van der Waals surface area (Å²) in [6.45, 7) is 9.94. The Morgan fingerprint density at radius 2 is 1.39 bits per heavy atom. The predicted octanol–water partition coefficient (Wildman–Crippen LogP) is 4.78. The van der Waals surface area contributed by atoms with E-state index in [0.717, 1.165) is 32.7 Å². The molecule has 3 rings (SSSR count). The van der Waals surface area contributed by atoms with Gasteiger partial charge < -0.3 is 4.90 Å². The summed E-state index contributed by atoms with van der Waals surface area (Å²) < 4.78 is 0. The zero-order chi connectivity index (χ0) is 14.7. The molecule has 2 aromatic carbocycles. The van der Waals surface area contributed by atoms with E-state index >= 15 is 0 Å². The normalized spacial score (nSPS) is 14.8. The van der Waals surface area contributed by atoms with Crippen LogP contribution in [0.3, 0.4) is 0 Å². The molecule has 2 nitrogen and oxygen atoms in total. The van der Waals surface area contributed by atoms with Gasteiger partial charge in [-0.2, -0.15) is 0 Å². The van der Waals surface area contributed by atoms with E-state index in [0.29, 0.717) is 0 Å². The van der Waals surface area contributed by atoms with Crippen LogP contribution in [0.2, 0.25) is 0 Å². The van der Waals surface area contributed by atoms with Crippen LogP contribution in [0.5, 0.6) is 0 Å². The predicted molar refractivity (Wildman–Crippen MR) is 110 cm³/mol. The van der Waals surface area contributed by atoms with E-state index in [9.17, 15) is 0 Å². The van der Waals surface area contributed by atoms with Crippen molar-refractivity contribution in [2.24, 2.45) is 0 Å². The molecule has 1 heterocycles. The second-order valence-electron chi connectivity index (χ2n) is 6.04. The Bertz CT molecular complexity index is 591. The standard InChI is InChI=1S/C19H24N2.2BrH/c1-16-7-9-18(10-8-16)15-20-11-13-21(14-12-20)19-6-4-3-5-17(19)2;;/h3-10H,11-15H2,1-2H3;2*1H. The first-order valence-corrected chi connectivity index (χ1v) is 7.81. The molecule has 0 spiro atoms. The van der Waals surface area contributed by atoms with Crippen molar-refractivity contribution in [2.75, 3.05) is 31.1 Å². The lowest BCUT2D eigenvalue weighted by molar-refractivity contribution is 0.250. The molecular formula is C19H26Br2N2. The third-order valence-electron chi connectivity index (χ3n) is 4.36. The van der Waals surface area contributed by atoms with Gasteiger partial charge in [0.05, 0.1) is 0 Å². The summed E-state index contributed by atoms with van der Waals surface area (Å²) in [5, 5.41) is 0. The average molecular weight is 442 g/mol. The Morgan fingerprint density at radius 3 is 2.00 bits per heavy atom. The fraction of sp³-hybridized carbons (Fsp3) is 0.368. The maximum Gasteiger partial charge on any atom is 0.0396 e. The molecule has 1 aliphatic rings. The van der Waals surface area contributed by atoms with E-state index < -0.39 is 0 Å². The van der Waals surface area contributed by atoms with Crippen LogP contribution in [0.25, 0.3) is 0 Å². The summed E-state index contributed by atoms with van der Waals surface area (Å²) >= 11 is 0. The van der Waals surface area contributed by atoms with Crippen LogP contribution >= 0.6 is 34.0 Å². The summed E-state index contributed by atoms with van der Waals surface area (Å²) in [6, 6.07) is 17.6. The minimum absolute atomic E-state index is 0. The Kier molecular flexibility index (Phi) is 8.31. The lowest BCUT2D eigenvalue weighted by Crippen LogP contribution is -2.46. The average Bonchev–Trinajstić information content (AvgIpc) is 2.51. The van der Waals surface area contributed by atoms with E-state index in [2.05, 4.69) is 72.2 Å². The molecule has 0 unspecified atom stereocenters. The van der Waals surface area contributed by atoms with Gasteiger partial charge in [0.1, 0.15) is 0 Å². The van der Waals surface area contributed by atoms with Crippen molar-refractivity contribution < 1.29 is 0 Å². The number of para-hydroxylation sites is 1. The number of piperazine rings is 1. The molecule has 4 heteroatoms. The maximum atomic E-state index is 2.55. The zero-order valence-electron chi connectivity index (χ0n) is 13.9. The van der Waals surface area contributed by atoms with Gasteiger partial charge in [-0.05, 0) is 31.0 Å². The molecule has 0 N–H and O–H groups in total. The minimum Gasteiger partial charge on any atom is -0.369 e. The number of nitrogens with zero attached hydrogens (tertiary/aromatic N) is 2. The van der Waals surface area contributed by atoms with Crippen molar-refractivity contribution in [1.82, 2.24) is 4.90 Å². The van der Waals surface area contributed by atoms with Crippen molar-refractivity contribution in [3.05, 3.63) is 65.2 Å². The first-order valence-electron chi connectivity index (χ1n) is 7.81. The molecule has 23 heavy (non-hydrogen) atoms. The largest absolute Gasteiger partial charge is 0.369 e. The van der Waals surface area contributed by atoms with Crippen molar-refractivity contribution in [2.45, 2.75) is 20.4 Å². The van der Waals surface area contributed by atoms with Gasteiger partial charge in [0.25, 0.3) is 0 Å². The Hall–Kier alpha value is -0.840. The topological polar surface area (TPSA) is 6.48 Å². The van der Waals surface area contributed by atoms with Crippen LogP contribution in [0.15, 0.2) is 48.5 Å². The molecule has 0 saturated carbocycles. The highest BCUT2D eigenvalue weighted by Gasteiger charge is 2.18. The van der Waals surface area contributed by atoms with Gasteiger partial charge >= 0.3 is 0 Å². The monoisotopic (exact) mass is 440 g/mol. The SMILES string of the molecule is Br.Br.Cc1ccc(CN2CCN(c3ccccc3C)CC2)cc1. The first kappa shape index (κ1) is 20.2. The molecule has 0 atom stereocenters. The highest BCUT2D eigenvalue weighted by atomic mass is 79.9. The van der Waals surface area contributed by atoms with Crippen LogP contribution in [0, 0.1) is 13.8 Å². The van der Waals surface area contributed by atoms with Crippen LogP contribution in [0.4, 0.5) is 5.69 Å². The molecule has 1 fully saturated rings. The number of halogens is 2. The van der Waals surface area contributed by atoms with Gasteiger partial charge in [-0.1, -0.05) is 48.0 Å². The molecule has 1 saturated heterocycles. The molecule has 0 aliphatic carbocycles. The first-order chi connectivity index (χ1) is 10.2. The van der Waals surface area contributed by atoms with Gasteiger partial charge in [0.15, 0.2) is 0 Å². The molecule has 2 aromatic rings. The molecule has 0 amide bonds. The van der Waals surface area contributed by atoms with Crippen LogP contribution in [-0.4, -0.2) is 31.1 Å². The molecule has 126 valence electrons. The summed E-state index contributed by atoms with van der Waals surface area (Å²) in [6.07, 6.45) is 0. The highest BCUT2D eigenvalue weighted by Crippen LogP contribution is 2.21. The second kappa shape index (κ2) is 9.45. The van der Waals surface area contributed by atoms with Crippen molar-refractivity contribution in [3.8, 4) is 0 Å². The molecule has 1 aliphatic heterocycles. The van der Waals surface area contributed by atoms with E-state index in [4.69, 9.17) is 0 Å². The number of aryl methyl sites for hydroxylation is 2. The van der Waals surface area contributed by atoms with Gasteiger partial charge in [-0.15, -0.1) is 34.0 Å². The quantitative estimate of drug-likeness (QED) is 0.675. The summed E-state index contributed by atoms with van der Waals surface area (Å²) in [5.74, 6) is 0. The van der Waals surface area contributed by atoms with Crippen LogP contribution in [-0.2, 0) is 6.54 Å². The lowest BCUT2D eigenvalue weighted by Gasteiger charge is -2.36. The van der Waals surface area contributed by atoms with Gasteiger partial charge in [-0.25, -0.2) is 0 Å².